The molecule has 2 aromatic carbocycles. The highest BCUT2D eigenvalue weighted by atomic mass is 16.5. The molecular weight excluding hydrogens is 342 g/mol. The van der Waals surface area contributed by atoms with Crippen molar-refractivity contribution >= 4 is 17.5 Å². The molecule has 2 amide bonds. The summed E-state index contributed by atoms with van der Waals surface area (Å²) in [5.74, 6) is 1.15. The van der Waals surface area contributed by atoms with Gasteiger partial charge in [0.25, 0.3) is 0 Å². The van der Waals surface area contributed by atoms with E-state index in [-0.39, 0.29) is 11.8 Å². The van der Waals surface area contributed by atoms with Crippen molar-refractivity contribution in [1.82, 2.24) is 10.2 Å². The van der Waals surface area contributed by atoms with Crippen molar-refractivity contribution in [3.63, 3.8) is 0 Å². The molecule has 0 aliphatic carbocycles. The first-order chi connectivity index (χ1) is 13.1. The average Bonchev–Trinajstić information content (AvgIpc) is 2.67. The summed E-state index contributed by atoms with van der Waals surface area (Å²) in [6, 6.07) is 16.8. The smallest absolute Gasteiger partial charge is 0.234 e. The van der Waals surface area contributed by atoms with Gasteiger partial charge in [-0.05, 0) is 37.7 Å². The lowest BCUT2D eigenvalue weighted by molar-refractivity contribution is -0.123. The standard InChI is InChI=1S/C21H27N3O3/c1-3-22-21(26)16-24(4-2)15-14-20(25)23-18-12-8-9-13-19(18)27-17-10-6-5-7-11-17/h5-13H,3-4,14-16H2,1-2H3,(H,22,26)(H,23,25). The molecule has 0 saturated carbocycles. The summed E-state index contributed by atoms with van der Waals surface area (Å²) >= 11 is 0. The molecule has 27 heavy (non-hydrogen) atoms. The SMILES string of the molecule is CCNC(=O)CN(CC)CCC(=O)Nc1ccccc1Oc1ccccc1. The maximum atomic E-state index is 12.4. The molecule has 0 atom stereocenters. The van der Waals surface area contributed by atoms with Gasteiger partial charge < -0.3 is 15.4 Å². The van der Waals surface area contributed by atoms with Crippen LogP contribution in [0.15, 0.2) is 54.6 Å². The molecule has 144 valence electrons. The van der Waals surface area contributed by atoms with Crippen LogP contribution in [0.2, 0.25) is 0 Å². The average molecular weight is 369 g/mol. The number of anilines is 1. The molecule has 0 unspecified atom stereocenters. The van der Waals surface area contributed by atoms with E-state index < -0.39 is 0 Å². The topological polar surface area (TPSA) is 70.7 Å². The molecule has 2 N–H and O–H groups in total. The number of benzene rings is 2. The number of nitrogens with zero attached hydrogens (tertiary/aromatic N) is 1. The van der Waals surface area contributed by atoms with Crippen LogP contribution in [0.25, 0.3) is 0 Å². The third-order valence-corrected chi connectivity index (χ3v) is 3.98. The van der Waals surface area contributed by atoms with Crippen LogP contribution in [-0.2, 0) is 9.59 Å². The van der Waals surface area contributed by atoms with E-state index in [9.17, 15) is 9.59 Å². The monoisotopic (exact) mass is 369 g/mol. The second-order valence-electron chi connectivity index (χ2n) is 6.03. The molecule has 0 saturated heterocycles. The first-order valence-corrected chi connectivity index (χ1v) is 9.23. The van der Waals surface area contributed by atoms with E-state index >= 15 is 0 Å². The maximum absolute atomic E-state index is 12.4. The minimum absolute atomic E-state index is 0.0265. The van der Waals surface area contributed by atoms with Crippen LogP contribution in [0.4, 0.5) is 5.69 Å². The Bertz CT molecular complexity index is 734. The van der Waals surface area contributed by atoms with Gasteiger partial charge in [0.2, 0.25) is 11.8 Å². The Hall–Kier alpha value is -2.86. The number of hydrogen-bond acceptors (Lipinski definition) is 4. The number of para-hydroxylation sites is 3. The molecule has 0 aliphatic heterocycles. The summed E-state index contributed by atoms with van der Waals surface area (Å²) in [6.07, 6.45) is 0.299. The van der Waals surface area contributed by atoms with Gasteiger partial charge in [-0.2, -0.15) is 0 Å². The van der Waals surface area contributed by atoms with Crippen molar-refractivity contribution in [1.29, 1.82) is 0 Å². The summed E-state index contributed by atoms with van der Waals surface area (Å²) in [7, 11) is 0. The third kappa shape index (κ3) is 7.11. The molecule has 0 aliphatic rings. The van der Waals surface area contributed by atoms with Gasteiger partial charge in [0.1, 0.15) is 5.75 Å². The fraction of sp³-hybridized carbons (Fsp3) is 0.333. The number of likely N-dealkylation sites (N-methyl/N-ethyl adjacent to an activating group) is 2. The number of nitrogens with one attached hydrogen (secondary N) is 2. The van der Waals surface area contributed by atoms with Crippen LogP contribution < -0.4 is 15.4 Å². The zero-order chi connectivity index (χ0) is 19.5. The lowest BCUT2D eigenvalue weighted by Crippen LogP contribution is -2.38. The second-order valence-corrected chi connectivity index (χ2v) is 6.03. The Balaban J connectivity index is 1.91. The van der Waals surface area contributed by atoms with Crippen molar-refractivity contribution in [3.05, 3.63) is 54.6 Å². The highest BCUT2D eigenvalue weighted by Crippen LogP contribution is 2.29. The Morgan fingerprint density at radius 3 is 2.37 bits per heavy atom. The van der Waals surface area contributed by atoms with E-state index in [1.807, 2.05) is 73.3 Å². The summed E-state index contributed by atoms with van der Waals surface area (Å²) in [6.45, 7) is 5.98. The molecule has 0 fully saturated rings. The van der Waals surface area contributed by atoms with Gasteiger partial charge in [0.15, 0.2) is 5.75 Å². The fourth-order valence-electron chi connectivity index (χ4n) is 2.55. The van der Waals surface area contributed by atoms with Crippen molar-refractivity contribution in [2.75, 3.05) is 31.5 Å². The lowest BCUT2D eigenvalue weighted by Gasteiger charge is -2.19. The first-order valence-electron chi connectivity index (χ1n) is 9.23. The Morgan fingerprint density at radius 1 is 0.963 bits per heavy atom. The minimum atomic E-state index is -0.117. The normalized spacial score (nSPS) is 10.5. The van der Waals surface area contributed by atoms with Crippen molar-refractivity contribution < 1.29 is 14.3 Å². The number of amides is 2. The second kappa shape index (κ2) is 11.0. The molecule has 2 aromatic rings. The predicted octanol–water partition coefficient (Wildman–Crippen LogP) is 3.27. The molecule has 6 heteroatoms. The molecule has 6 nitrogen and oxygen atoms in total. The van der Waals surface area contributed by atoms with Crippen LogP contribution in [0.1, 0.15) is 20.3 Å². The minimum Gasteiger partial charge on any atom is -0.455 e. The van der Waals surface area contributed by atoms with E-state index in [0.717, 1.165) is 0 Å². The molecule has 0 bridgehead atoms. The fourth-order valence-corrected chi connectivity index (χ4v) is 2.55. The van der Waals surface area contributed by atoms with Gasteiger partial charge in [-0.3, -0.25) is 14.5 Å². The number of ether oxygens (including phenoxy) is 1. The van der Waals surface area contributed by atoms with Crippen molar-refractivity contribution in [2.45, 2.75) is 20.3 Å². The number of carbonyl (C=O) groups excluding carboxylic acids is 2. The Morgan fingerprint density at radius 2 is 1.67 bits per heavy atom. The molecule has 0 spiro atoms. The Labute approximate surface area is 160 Å². The zero-order valence-corrected chi connectivity index (χ0v) is 15.9. The highest BCUT2D eigenvalue weighted by molar-refractivity contribution is 5.92. The van der Waals surface area contributed by atoms with E-state index in [4.69, 9.17) is 4.74 Å². The van der Waals surface area contributed by atoms with Gasteiger partial charge in [-0.25, -0.2) is 0 Å². The third-order valence-electron chi connectivity index (χ3n) is 3.98. The predicted molar refractivity (Wildman–Crippen MR) is 107 cm³/mol. The molecule has 0 aromatic heterocycles. The highest BCUT2D eigenvalue weighted by Gasteiger charge is 2.12. The van der Waals surface area contributed by atoms with Crippen LogP contribution in [0.5, 0.6) is 11.5 Å². The van der Waals surface area contributed by atoms with E-state index in [1.54, 1.807) is 0 Å². The maximum Gasteiger partial charge on any atom is 0.234 e. The van der Waals surface area contributed by atoms with Crippen LogP contribution >= 0.6 is 0 Å². The summed E-state index contributed by atoms with van der Waals surface area (Å²) in [5, 5.41) is 5.67. The summed E-state index contributed by atoms with van der Waals surface area (Å²) in [5.41, 5.74) is 0.623. The van der Waals surface area contributed by atoms with Crippen molar-refractivity contribution in [2.24, 2.45) is 0 Å². The number of rotatable bonds is 10. The van der Waals surface area contributed by atoms with Gasteiger partial charge in [0, 0.05) is 19.5 Å². The van der Waals surface area contributed by atoms with Gasteiger partial charge >= 0.3 is 0 Å². The van der Waals surface area contributed by atoms with Crippen LogP contribution in [0.3, 0.4) is 0 Å². The first kappa shape index (κ1) is 20.5. The van der Waals surface area contributed by atoms with Crippen molar-refractivity contribution in [3.8, 4) is 11.5 Å². The van der Waals surface area contributed by atoms with Gasteiger partial charge in [-0.15, -0.1) is 0 Å². The van der Waals surface area contributed by atoms with Crippen LogP contribution in [-0.4, -0.2) is 42.9 Å². The zero-order valence-electron chi connectivity index (χ0n) is 15.9. The summed E-state index contributed by atoms with van der Waals surface area (Å²) in [4.78, 5) is 26.0. The van der Waals surface area contributed by atoms with E-state index in [2.05, 4.69) is 10.6 Å². The van der Waals surface area contributed by atoms with Gasteiger partial charge in [-0.1, -0.05) is 37.3 Å². The largest absolute Gasteiger partial charge is 0.455 e. The molecule has 0 heterocycles. The molecular formula is C21H27N3O3. The number of hydrogen-bond donors (Lipinski definition) is 2. The quantitative estimate of drug-likeness (QED) is 0.674. The molecule has 0 radical (unpaired) electrons. The Kier molecular flexibility index (Phi) is 8.32. The van der Waals surface area contributed by atoms with E-state index in [0.29, 0.717) is 49.8 Å². The summed E-state index contributed by atoms with van der Waals surface area (Å²) < 4.78 is 5.86. The van der Waals surface area contributed by atoms with Crippen LogP contribution in [0, 0.1) is 0 Å². The number of carbonyl (C=O) groups is 2. The van der Waals surface area contributed by atoms with E-state index in [1.165, 1.54) is 0 Å². The van der Waals surface area contributed by atoms with Gasteiger partial charge in [0.05, 0.1) is 12.2 Å². The lowest BCUT2D eigenvalue weighted by atomic mass is 10.2. The molecule has 2 rings (SSSR count).